The van der Waals surface area contributed by atoms with E-state index in [1.165, 1.54) is 12.1 Å². The van der Waals surface area contributed by atoms with E-state index in [9.17, 15) is 20.0 Å². The molecule has 0 aromatic heterocycles. The molecule has 8 nitrogen and oxygen atoms in total. The Morgan fingerprint density at radius 2 is 1.51 bits per heavy atom. The molecule has 5 rings (SSSR count). The van der Waals surface area contributed by atoms with Crippen molar-refractivity contribution in [3.8, 4) is 5.75 Å². The molecule has 170 valence electrons. The smallest absolute Gasteiger partial charge is 0.271 e. The van der Waals surface area contributed by atoms with E-state index in [0.29, 0.717) is 17.1 Å². The second kappa shape index (κ2) is 9.03. The molecule has 0 fully saturated rings. The minimum Gasteiger partial charge on any atom is -0.507 e. The lowest BCUT2D eigenvalue weighted by Crippen LogP contribution is -2.12. The van der Waals surface area contributed by atoms with Gasteiger partial charge in [-0.1, -0.05) is 54.6 Å². The SMILES string of the molecule is O=C(Nc1ccc(N=Nc2cccc([N+](=O)[O-])c2)c2ccccc12)c1cc2ccccc2cc1O. The van der Waals surface area contributed by atoms with Gasteiger partial charge in [-0.15, -0.1) is 5.11 Å². The summed E-state index contributed by atoms with van der Waals surface area (Å²) in [6, 6.07) is 27.4. The van der Waals surface area contributed by atoms with Gasteiger partial charge in [0.2, 0.25) is 0 Å². The first kappa shape index (κ1) is 21.7. The molecule has 5 aromatic carbocycles. The molecule has 0 aliphatic carbocycles. The summed E-state index contributed by atoms with van der Waals surface area (Å²) in [7, 11) is 0. The van der Waals surface area contributed by atoms with Crippen molar-refractivity contribution >= 4 is 50.2 Å². The number of nitrogens with one attached hydrogen (secondary N) is 1. The fourth-order valence-electron chi connectivity index (χ4n) is 3.86. The van der Waals surface area contributed by atoms with Crippen molar-refractivity contribution < 1.29 is 14.8 Å². The number of hydrogen-bond acceptors (Lipinski definition) is 6. The molecule has 0 aliphatic heterocycles. The highest BCUT2D eigenvalue weighted by Gasteiger charge is 2.15. The van der Waals surface area contributed by atoms with Crippen LogP contribution in [0.2, 0.25) is 0 Å². The van der Waals surface area contributed by atoms with Gasteiger partial charge in [0.15, 0.2) is 0 Å². The molecule has 0 heterocycles. The van der Waals surface area contributed by atoms with E-state index in [0.717, 1.165) is 21.5 Å². The van der Waals surface area contributed by atoms with Crippen LogP contribution in [-0.4, -0.2) is 15.9 Å². The number of phenolic OH excluding ortho intramolecular Hbond substituents is 1. The second-order valence-corrected chi connectivity index (χ2v) is 7.83. The summed E-state index contributed by atoms with van der Waals surface area (Å²) in [5, 5.41) is 35.9. The average molecular weight is 462 g/mol. The third-order valence-electron chi connectivity index (χ3n) is 5.57. The number of fused-ring (bicyclic) bond motifs is 2. The van der Waals surface area contributed by atoms with Gasteiger partial charge in [0.25, 0.3) is 11.6 Å². The van der Waals surface area contributed by atoms with Gasteiger partial charge in [0.1, 0.15) is 5.75 Å². The molecule has 2 N–H and O–H groups in total. The van der Waals surface area contributed by atoms with Crippen molar-refractivity contribution in [3.63, 3.8) is 0 Å². The second-order valence-electron chi connectivity index (χ2n) is 7.83. The summed E-state index contributed by atoms with van der Waals surface area (Å²) in [5.41, 5.74) is 1.54. The fraction of sp³-hybridized carbons (Fsp3) is 0. The number of hydrogen-bond donors (Lipinski definition) is 2. The van der Waals surface area contributed by atoms with Crippen molar-refractivity contribution in [1.29, 1.82) is 0 Å². The van der Waals surface area contributed by atoms with E-state index >= 15 is 0 Å². The van der Waals surface area contributed by atoms with Crippen LogP contribution in [0.25, 0.3) is 21.5 Å². The summed E-state index contributed by atoms with van der Waals surface area (Å²) in [6.45, 7) is 0. The molecule has 8 heteroatoms. The lowest BCUT2D eigenvalue weighted by atomic mass is 10.0. The van der Waals surface area contributed by atoms with Gasteiger partial charge in [0.05, 0.1) is 21.9 Å². The zero-order valence-electron chi connectivity index (χ0n) is 18.3. The first-order valence-electron chi connectivity index (χ1n) is 10.7. The van der Waals surface area contributed by atoms with Crippen molar-refractivity contribution in [2.45, 2.75) is 0 Å². The summed E-state index contributed by atoms with van der Waals surface area (Å²) >= 11 is 0. The van der Waals surface area contributed by atoms with Crippen LogP contribution in [-0.2, 0) is 0 Å². The maximum atomic E-state index is 13.0. The first-order chi connectivity index (χ1) is 17.0. The standard InChI is InChI=1S/C27H18N4O4/c32-26-15-18-7-2-1-6-17(18)14-23(26)27(33)28-24-12-13-25(22-11-4-3-10-21(22)24)30-29-19-8-5-9-20(16-19)31(34)35/h1-16,32H,(H,28,33). The van der Waals surface area contributed by atoms with Gasteiger partial charge >= 0.3 is 0 Å². The molecule has 0 radical (unpaired) electrons. The van der Waals surface area contributed by atoms with Crippen LogP contribution in [0.3, 0.4) is 0 Å². The number of nitro benzene ring substituents is 1. The van der Waals surface area contributed by atoms with Gasteiger partial charge in [-0.05, 0) is 41.1 Å². The van der Waals surface area contributed by atoms with Gasteiger partial charge in [-0.25, -0.2) is 0 Å². The third kappa shape index (κ3) is 4.40. The summed E-state index contributed by atoms with van der Waals surface area (Å²) in [6.07, 6.45) is 0. The maximum absolute atomic E-state index is 13.0. The number of azo groups is 1. The van der Waals surface area contributed by atoms with Gasteiger partial charge in [0, 0.05) is 28.6 Å². The highest BCUT2D eigenvalue weighted by Crippen LogP contribution is 2.34. The van der Waals surface area contributed by atoms with E-state index in [1.54, 1.807) is 36.4 Å². The molecule has 0 atom stereocenters. The van der Waals surface area contributed by atoms with Crippen molar-refractivity contribution in [1.82, 2.24) is 0 Å². The quantitative estimate of drug-likeness (QED) is 0.162. The summed E-state index contributed by atoms with van der Waals surface area (Å²) in [4.78, 5) is 23.5. The molecule has 0 bridgehead atoms. The number of anilines is 1. The average Bonchev–Trinajstić information content (AvgIpc) is 2.88. The zero-order chi connectivity index (χ0) is 24.4. The highest BCUT2D eigenvalue weighted by atomic mass is 16.6. The summed E-state index contributed by atoms with van der Waals surface area (Å²) in [5.74, 6) is -0.544. The number of non-ortho nitro benzene ring substituents is 1. The Morgan fingerprint density at radius 3 is 2.29 bits per heavy atom. The minimum absolute atomic E-state index is 0.0682. The number of carbonyl (C=O) groups is 1. The molecule has 1 amide bonds. The van der Waals surface area contributed by atoms with Crippen LogP contribution >= 0.6 is 0 Å². The molecular weight excluding hydrogens is 444 g/mol. The number of nitro groups is 1. The number of rotatable bonds is 5. The monoisotopic (exact) mass is 462 g/mol. The molecule has 0 spiro atoms. The Kier molecular flexibility index (Phi) is 5.60. The third-order valence-corrected chi connectivity index (χ3v) is 5.57. The Morgan fingerprint density at radius 1 is 0.800 bits per heavy atom. The van der Waals surface area contributed by atoms with E-state index < -0.39 is 10.8 Å². The number of carbonyl (C=O) groups excluding carboxylic acids is 1. The van der Waals surface area contributed by atoms with E-state index in [-0.39, 0.29) is 17.0 Å². The van der Waals surface area contributed by atoms with Gasteiger partial charge in [-0.2, -0.15) is 5.11 Å². The normalized spacial score (nSPS) is 11.2. The van der Waals surface area contributed by atoms with E-state index in [2.05, 4.69) is 15.5 Å². The molecular formula is C27H18N4O4. The molecule has 5 aromatic rings. The van der Waals surface area contributed by atoms with Crippen LogP contribution in [0.4, 0.5) is 22.7 Å². The lowest BCUT2D eigenvalue weighted by molar-refractivity contribution is -0.384. The Bertz CT molecular complexity index is 1650. The fourth-order valence-corrected chi connectivity index (χ4v) is 3.86. The Balaban J connectivity index is 1.47. The largest absolute Gasteiger partial charge is 0.507 e. The van der Waals surface area contributed by atoms with Crippen LogP contribution < -0.4 is 5.32 Å². The molecule has 0 saturated carbocycles. The van der Waals surface area contributed by atoms with Gasteiger partial charge < -0.3 is 10.4 Å². The van der Waals surface area contributed by atoms with Crippen molar-refractivity contribution in [2.24, 2.45) is 10.2 Å². The van der Waals surface area contributed by atoms with Crippen LogP contribution in [0.15, 0.2) is 107 Å². The number of phenols is 1. The van der Waals surface area contributed by atoms with Gasteiger partial charge in [-0.3, -0.25) is 14.9 Å². The predicted octanol–water partition coefficient (Wildman–Crippen LogP) is 7.27. The number of amides is 1. The molecule has 0 aliphatic rings. The van der Waals surface area contributed by atoms with Crippen LogP contribution in [0.5, 0.6) is 5.75 Å². The molecule has 35 heavy (non-hydrogen) atoms. The van der Waals surface area contributed by atoms with Crippen molar-refractivity contribution in [2.75, 3.05) is 5.32 Å². The van der Waals surface area contributed by atoms with E-state index in [1.807, 2.05) is 48.5 Å². The number of aromatic hydroxyl groups is 1. The first-order valence-corrected chi connectivity index (χ1v) is 10.7. The van der Waals surface area contributed by atoms with Crippen molar-refractivity contribution in [3.05, 3.63) is 113 Å². The highest BCUT2D eigenvalue weighted by molar-refractivity contribution is 6.13. The lowest BCUT2D eigenvalue weighted by Gasteiger charge is -2.12. The number of nitrogens with zero attached hydrogens (tertiary/aromatic N) is 3. The maximum Gasteiger partial charge on any atom is 0.271 e. The Hall–Kier alpha value is -5.11. The zero-order valence-corrected chi connectivity index (χ0v) is 18.3. The van der Waals surface area contributed by atoms with E-state index in [4.69, 9.17) is 0 Å². The Labute approximate surface area is 199 Å². The minimum atomic E-state index is -0.487. The predicted molar refractivity (Wildman–Crippen MR) is 135 cm³/mol. The summed E-state index contributed by atoms with van der Waals surface area (Å²) < 4.78 is 0. The topological polar surface area (TPSA) is 117 Å². The van der Waals surface area contributed by atoms with Crippen LogP contribution in [0.1, 0.15) is 10.4 Å². The number of benzene rings is 5. The van der Waals surface area contributed by atoms with Crippen LogP contribution in [0, 0.1) is 10.1 Å². The molecule has 0 unspecified atom stereocenters. The molecule has 0 saturated heterocycles.